The number of carboxylic acid groups (broad SMARTS) is 1. The van der Waals surface area contributed by atoms with Crippen molar-refractivity contribution < 1.29 is 24.3 Å². The summed E-state index contributed by atoms with van der Waals surface area (Å²) in [6, 6.07) is 15.9. The first kappa shape index (κ1) is 27.0. The van der Waals surface area contributed by atoms with E-state index in [1.807, 2.05) is 61.5 Å². The molecule has 2 rings (SSSR count). The molecule has 0 bridgehead atoms. The van der Waals surface area contributed by atoms with Crippen LogP contribution < -0.4 is 10.8 Å². The summed E-state index contributed by atoms with van der Waals surface area (Å²) in [7, 11) is 1.78. The molecule has 3 N–H and O–H groups in total. The zero-order chi connectivity index (χ0) is 24.8. The highest BCUT2D eigenvalue weighted by molar-refractivity contribution is 5.90. The molecule has 0 fully saturated rings. The number of hydroxylamine groups is 1. The highest BCUT2D eigenvalue weighted by atomic mass is 16.6. The van der Waals surface area contributed by atoms with Gasteiger partial charge in [-0.3, -0.25) is 24.1 Å². The van der Waals surface area contributed by atoms with Crippen LogP contribution in [0.15, 0.2) is 54.6 Å². The third kappa shape index (κ3) is 9.72. The summed E-state index contributed by atoms with van der Waals surface area (Å²) in [6.45, 7) is 2.71. The van der Waals surface area contributed by atoms with E-state index in [2.05, 4.69) is 10.8 Å². The Kier molecular flexibility index (Phi) is 11.8. The maximum absolute atomic E-state index is 12.2. The van der Waals surface area contributed by atoms with Gasteiger partial charge in [0.05, 0.1) is 6.61 Å². The third-order valence-electron chi connectivity index (χ3n) is 5.35. The number of benzene rings is 2. The monoisotopic (exact) mass is 469 g/mol. The van der Waals surface area contributed by atoms with Gasteiger partial charge in [0.1, 0.15) is 6.04 Å². The second-order valence-corrected chi connectivity index (χ2v) is 8.18. The van der Waals surface area contributed by atoms with Crippen molar-refractivity contribution in [2.24, 2.45) is 0 Å². The molecule has 2 amide bonds. The van der Waals surface area contributed by atoms with E-state index in [4.69, 9.17) is 4.84 Å². The number of rotatable bonds is 15. The van der Waals surface area contributed by atoms with Gasteiger partial charge in [-0.15, -0.1) is 0 Å². The molecule has 2 aromatic carbocycles. The van der Waals surface area contributed by atoms with E-state index in [-0.39, 0.29) is 11.8 Å². The molecule has 184 valence electrons. The Hall–Kier alpha value is -3.23. The summed E-state index contributed by atoms with van der Waals surface area (Å²) >= 11 is 0. The molecular formula is C26H35N3O5. The van der Waals surface area contributed by atoms with E-state index in [1.54, 1.807) is 11.9 Å². The lowest BCUT2D eigenvalue weighted by Gasteiger charge is -2.25. The van der Waals surface area contributed by atoms with Crippen LogP contribution in [0.5, 0.6) is 0 Å². The van der Waals surface area contributed by atoms with Gasteiger partial charge in [0.25, 0.3) is 0 Å². The van der Waals surface area contributed by atoms with Gasteiger partial charge in [-0.25, -0.2) is 5.48 Å². The lowest BCUT2D eigenvalue weighted by Crippen LogP contribution is -2.30. The maximum Gasteiger partial charge on any atom is 0.325 e. The van der Waals surface area contributed by atoms with Crippen molar-refractivity contribution in [3.05, 3.63) is 65.7 Å². The zero-order valence-electron chi connectivity index (χ0n) is 20.0. The first-order valence-corrected chi connectivity index (χ1v) is 11.7. The SMILES string of the molecule is CCONC(=O)CCCCCCC(=O)Nc1ccc(CN(C)[C@H](C(=O)O)c2ccccc2)cc1. The number of carbonyl (C=O) groups is 3. The van der Waals surface area contributed by atoms with Crippen LogP contribution in [0.1, 0.15) is 62.6 Å². The molecule has 0 aliphatic carbocycles. The predicted molar refractivity (Wildman–Crippen MR) is 131 cm³/mol. The second-order valence-electron chi connectivity index (χ2n) is 8.18. The van der Waals surface area contributed by atoms with E-state index in [0.29, 0.717) is 31.7 Å². The quantitative estimate of drug-likeness (QED) is 0.265. The second kappa shape index (κ2) is 14.8. The molecule has 0 aliphatic rings. The number of amides is 2. The molecule has 0 aliphatic heterocycles. The number of aliphatic carboxylic acids is 1. The molecule has 0 spiro atoms. The molecule has 0 heterocycles. The Labute approximate surface area is 201 Å². The van der Waals surface area contributed by atoms with Crippen LogP contribution >= 0.6 is 0 Å². The molecule has 2 aromatic rings. The Balaban J connectivity index is 1.72. The molecule has 34 heavy (non-hydrogen) atoms. The van der Waals surface area contributed by atoms with E-state index < -0.39 is 12.0 Å². The molecule has 1 atom stereocenters. The molecule has 0 radical (unpaired) electrons. The highest BCUT2D eigenvalue weighted by Crippen LogP contribution is 2.22. The van der Waals surface area contributed by atoms with Gasteiger partial charge in [-0.2, -0.15) is 0 Å². The Morgan fingerprint density at radius 2 is 1.53 bits per heavy atom. The molecule has 0 aromatic heterocycles. The van der Waals surface area contributed by atoms with Gasteiger partial charge in [0, 0.05) is 25.1 Å². The third-order valence-corrected chi connectivity index (χ3v) is 5.35. The normalized spacial score (nSPS) is 11.7. The van der Waals surface area contributed by atoms with Crippen molar-refractivity contribution in [3.63, 3.8) is 0 Å². The maximum atomic E-state index is 12.2. The minimum absolute atomic E-state index is 0.0472. The number of unbranched alkanes of at least 4 members (excludes halogenated alkanes) is 3. The number of nitrogens with zero attached hydrogens (tertiary/aromatic N) is 1. The lowest BCUT2D eigenvalue weighted by molar-refractivity contribution is -0.143. The van der Waals surface area contributed by atoms with Gasteiger partial charge in [-0.05, 0) is 50.1 Å². The lowest BCUT2D eigenvalue weighted by atomic mass is 10.0. The summed E-state index contributed by atoms with van der Waals surface area (Å²) in [5.74, 6) is -1.06. The van der Waals surface area contributed by atoms with Gasteiger partial charge >= 0.3 is 5.97 Å². The fraction of sp³-hybridized carbons (Fsp3) is 0.423. The van der Waals surface area contributed by atoms with Gasteiger partial charge in [-0.1, -0.05) is 55.3 Å². The predicted octanol–water partition coefficient (Wildman–Crippen LogP) is 4.29. The van der Waals surface area contributed by atoms with Crippen LogP contribution in [0, 0.1) is 0 Å². The van der Waals surface area contributed by atoms with Gasteiger partial charge in [0.15, 0.2) is 0 Å². The van der Waals surface area contributed by atoms with Crippen molar-refractivity contribution in [2.75, 3.05) is 19.0 Å². The molecular weight excluding hydrogens is 434 g/mol. The molecule has 8 nitrogen and oxygen atoms in total. The number of hydrogen-bond donors (Lipinski definition) is 3. The molecule has 0 unspecified atom stereocenters. The van der Waals surface area contributed by atoms with E-state index in [9.17, 15) is 19.5 Å². The van der Waals surface area contributed by atoms with Crippen LogP contribution in [0.3, 0.4) is 0 Å². The van der Waals surface area contributed by atoms with Crippen molar-refractivity contribution in [1.82, 2.24) is 10.4 Å². The Bertz CT molecular complexity index is 902. The van der Waals surface area contributed by atoms with E-state index in [0.717, 1.165) is 36.8 Å². The minimum atomic E-state index is -0.897. The smallest absolute Gasteiger partial charge is 0.325 e. The van der Waals surface area contributed by atoms with Crippen molar-refractivity contribution in [3.8, 4) is 0 Å². The fourth-order valence-electron chi connectivity index (χ4n) is 3.65. The average molecular weight is 470 g/mol. The van der Waals surface area contributed by atoms with Crippen LogP contribution in [0.4, 0.5) is 5.69 Å². The van der Waals surface area contributed by atoms with Crippen molar-refractivity contribution in [2.45, 2.75) is 58.0 Å². The Morgan fingerprint density at radius 1 is 0.912 bits per heavy atom. The first-order valence-electron chi connectivity index (χ1n) is 11.7. The number of carboxylic acids is 1. The number of nitrogens with one attached hydrogen (secondary N) is 2. The molecule has 8 heteroatoms. The van der Waals surface area contributed by atoms with Crippen LogP contribution in [0.25, 0.3) is 0 Å². The van der Waals surface area contributed by atoms with Crippen LogP contribution in [0.2, 0.25) is 0 Å². The number of likely N-dealkylation sites (N-methyl/N-ethyl adjacent to an activating group) is 1. The largest absolute Gasteiger partial charge is 0.480 e. The summed E-state index contributed by atoms with van der Waals surface area (Å²) in [6.07, 6.45) is 4.14. The van der Waals surface area contributed by atoms with Crippen LogP contribution in [-0.4, -0.2) is 41.4 Å². The molecule has 0 saturated heterocycles. The summed E-state index contributed by atoms with van der Waals surface area (Å²) in [5.41, 5.74) is 4.77. The average Bonchev–Trinajstić information content (AvgIpc) is 2.81. The summed E-state index contributed by atoms with van der Waals surface area (Å²) in [5, 5.41) is 12.6. The topological polar surface area (TPSA) is 108 Å². The first-order chi connectivity index (χ1) is 16.4. The summed E-state index contributed by atoms with van der Waals surface area (Å²) < 4.78 is 0. The van der Waals surface area contributed by atoms with E-state index in [1.165, 1.54) is 0 Å². The Morgan fingerprint density at radius 3 is 2.12 bits per heavy atom. The molecule has 0 saturated carbocycles. The zero-order valence-corrected chi connectivity index (χ0v) is 20.0. The van der Waals surface area contributed by atoms with E-state index >= 15 is 0 Å². The fourth-order valence-corrected chi connectivity index (χ4v) is 3.65. The van der Waals surface area contributed by atoms with Gasteiger partial charge in [0.2, 0.25) is 11.8 Å². The highest BCUT2D eigenvalue weighted by Gasteiger charge is 2.24. The summed E-state index contributed by atoms with van der Waals surface area (Å²) in [4.78, 5) is 42.1. The number of anilines is 1. The number of hydrogen-bond acceptors (Lipinski definition) is 5. The van der Waals surface area contributed by atoms with Gasteiger partial charge < -0.3 is 10.4 Å². The minimum Gasteiger partial charge on any atom is -0.480 e. The standard InChI is InChI=1S/C26H35N3O5/c1-3-34-28-24(31)14-10-5-4-9-13-23(30)27-22-17-15-20(16-18-22)19-29(2)25(26(32)33)21-11-7-6-8-12-21/h6-8,11-12,15-18,25H,3-5,9-10,13-14,19H2,1-2H3,(H,27,30)(H,28,31)(H,32,33)/t25-/m0/s1. The van der Waals surface area contributed by atoms with Crippen molar-refractivity contribution in [1.29, 1.82) is 0 Å². The van der Waals surface area contributed by atoms with Crippen LogP contribution in [-0.2, 0) is 25.8 Å². The number of carbonyl (C=O) groups excluding carboxylic acids is 2. The van der Waals surface area contributed by atoms with Crippen molar-refractivity contribution >= 4 is 23.5 Å².